The molecule has 5 nitrogen and oxygen atoms in total. The van der Waals surface area contributed by atoms with Crippen molar-refractivity contribution in [3.05, 3.63) is 74.6 Å². The minimum Gasteiger partial charge on any atom is -0.293 e. The molecule has 0 N–H and O–H groups in total. The Balaban J connectivity index is 1.67. The Labute approximate surface area is 156 Å². The van der Waals surface area contributed by atoms with E-state index in [-0.39, 0.29) is 17.2 Å². The van der Waals surface area contributed by atoms with Crippen LogP contribution in [-0.4, -0.2) is 21.4 Å². The summed E-state index contributed by atoms with van der Waals surface area (Å²) in [6.45, 7) is 0. The molecule has 0 fully saturated rings. The van der Waals surface area contributed by atoms with Gasteiger partial charge in [-0.3, -0.25) is 14.9 Å². The number of non-ortho nitro benzene ring substituents is 1. The van der Waals surface area contributed by atoms with Gasteiger partial charge in [0.2, 0.25) is 0 Å². The third kappa shape index (κ3) is 4.45. The van der Waals surface area contributed by atoms with E-state index in [1.54, 1.807) is 36.4 Å². The van der Waals surface area contributed by atoms with Crippen molar-refractivity contribution in [3.8, 4) is 11.3 Å². The number of thiazole rings is 1. The van der Waals surface area contributed by atoms with Crippen molar-refractivity contribution in [2.24, 2.45) is 0 Å². The standard InChI is InChI=1S/C17H11ClN2O3S2/c18-13-6-4-11(5-7-13)16(21)10-25-17-19-15(9-24-17)12-2-1-3-14(8-12)20(22)23/h1-9H,10H2. The number of nitrogens with zero attached hydrogens (tertiary/aromatic N) is 2. The van der Waals surface area contributed by atoms with Crippen molar-refractivity contribution in [2.75, 3.05) is 5.75 Å². The summed E-state index contributed by atoms with van der Waals surface area (Å²) in [6.07, 6.45) is 0. The Hall–Kier alpha value is -2.22. The summed E-state index contributed by atoms with van der Waals surface area (Å²) >= 11 is 8.57. The summed E-state index contributed by atoms with van der Waals surface area (Å²) in [7, 11) is 0. The first kappa shape index (κ1) is 17.6. The van der Waals surface area contributed by atoms with Gasteiger partial charge in [0.05, 0.1) is 16.4 Å². The van der Waals surface area contributed by atoms with Gasteiger partial charge in [0.1, 0.15) is 0 Å². The molecule has 0 spiro atoms. The largest absolute Gasteiger partial charge is 0.293 e. The number of thioether (sulfide) groups is 1. The van der Waals surface area contributed by atoms with E-state index in [1.165, 1.54) is 35.2 Å². The van der Waals surface area contributed by atoms with Crippen LogP contribution in [0.25, 0.3) is 11.3 Å². The van der Waals surface area contributed by atoms with Gasteiger partial charge < -0.3 is 0 Å². The lowest BCUT2D eigenvalue weighted by Crippen LogP contribution is -2.01. The molecule has 3 aromatic rings. The number of hydrogen-bond donors (Lipinski definition) is 0. The number of rotatable bonds is 6. The minimum absolute atomic E-state index is 0.00577. The molecule has 126 valence electrons. The van der Waals surface area contributed by atoms with E-state index in [9.17, 15) is 14.9 Å². The number of nitro benzene ring substituents is 1. The Morgan fingerprint density at radius 1 is 1.24 bits per heavy atom. The van der Waals surface area contributed by atoms with Gasteiger partial charge in [0.15, 0.2) is 10.1 Å². The summed E-state index contributed by atoms with van der Waals surface area (Å²) in [6, 6.07) is 13.1. The lowest BCUT2D eigenvalue weighted by Gasteiger charge is -2.00. The molecule has 1 heterocycles. The molecular formula is C17H11ClN2O3S2. The van der Waals surface area contributed by atoms with E-state index in [4.69, 9.17) is 11.6 Å². The number of nitro groups is 1. The average Bonchev–Trinajstić information content (AvgIpc) is 3.09. The Kier molecular flexibility index (Phi) is 5.47. The number of carbonyl (C=O) groups excluding carboxylic acids is 1. The van der Waals surface area contributed by atoms with E-state index in [1.807, 2.05) is 5.38 Å². The normalized spacial score (nSPS) is 10.6. The lowest BCUT2D eigenvalue weighted by molar-refractivity contribution is -0.384. The van der Waals surface area contributed by atoms with Crippen molar-refractivity contribution in [3.63, 3.8) is 0 Å². The number of halogens is 1. The van der Waals surface area contributed by atoms with Gasteiger partial charge in [0.25, 0.3) is 5.69 Å². The summed E-state index contributed by atoms with van der Waals surface area (Å²) in [5, 5.41) is 13.3. The molecule has 0 saturated carbocycles. The van der Waals surface area contributed by atoms with Gasteiger partial charge in [-0.05, 0) is 24.3 Å². The summed E-state index contributed by atoms with van der Waals surface area (Å²) in [5.74, 6) is 0.262. The number of ketones is 1. The molecule has 0 aliphatic rings. The van der Waals surface area contributed by atoms with Crippen molar-refractivity contribution in [2.45, 2.75) is 4.34 Å². The van der Waals surface area contributed by atoms with Crippen LogP contribution in [-0.2, 0) is 0 Å². The molecule has 8 heteroatoms. The van der Waals surface area contributed by atoms with Gasteiger partial charge in [-0.25, -0.2) is 4.98 Å². The summed E-state index contributed by atoms with van der Waals surface area (Å²) in [5.41, 5.74) is 1.97. The first-order valence-electron chi connectivity index (χ1n) is 7.15. The molecule has 0 amide bonds. The molecule has 0 aliphatic heterocycles. The highest BCUT2D eigenvalue weighted by Crippen LogP contribution is 2.30. The second-order valence-corrected chi connectivity index (χ2v) is 7.54. The molecule has 3 rings (SSSR count). The third-order valence-electron chi connectivity index (χ3n) is 3.33. The zero-order valence-corrected chi connectivity index (χ0v) is 15.1. The summed E-state index contributed by atoms with van der Waals surface area (Å²) in [4.78, 5) is 27.0. The van der Waals surface area contributed by atoms with Crippen LogP contribution in [0.1, 0.15) is 10.4 Å². The highest BCUT2D eigenvalue weighted by Gasteiger charge is 2.12. The molecule has 0 unspecified atom stereocenters. The van der Waals surface area contributed by atoms with Crippen LogP contribution in [0, 0.1) is 10.1 Å². The van der Waals surface area contributed by atoms with Crippen molar-refractivity contribution >= 4 is 46.2 Å². The second kappa shape index (κ2) is 7.77. The molecule has 1 aromatic heterocycles. The monoisotopic (exact) mass is 390 g/mol. The first-order valence-corrected chi connectivity index (χ1v) is 9.39. The fourth-order valence-electron chi connectivity index (χ4n) is 2.08. The number of benzene rings is 2. The lowest BCUT2D eigenvalue weighted by atomic mass is 10.1. The maximum Gasteiger partial charge on any atom is 0.270 e. The van der Waals surface area contributed by atoms with Crippen molar-refractivity contribution < 1.29 is 9.72 Å². The molecular weight excluding hydrogens is 380 g/mol. The zero-order chi connectivity index (χ0) is 17.8. The van der Waals surface area contributed by atoms with Gasteiger partial charge in [-0.1, -0.05) is 35.5 Å². The van der Waals surface area contributed by atoms with Crippen LogP contribution < -0.4 is 0 Å². The van der Waals surface area contributed by atoms with Gasteiger partial charge >= 0.3 is 0 Å². The van der Waals surface area contributed by atoms with Crippen LogP contribution in [0.3, 0.4) is 0 Å². The fraction of sp³-hybridized carbons (Fsp3) is 0.0588. The van der Waals surface area contributed by atoms with Crippen LogP contribution in [0.4, 0.5) is 5.69 Å². The predicted octanol–water partition coefficient (Wildman–Crippen LogP) is 5.35. The van der Waals surface area contributed by atoms with E-state index in [0.29, 0.717) is 21.8 Å². The maximum atomic E-state index is 12.2. The van der Waals surface area contributed by atoms with Gasteiger partial charge in [-0.15, -0.1) is 11.3 Å². The molecule has 0 aliphatic carbocycles. The quantitative estimate of drug-likeness (QED) is 0.245. The first-order chi connectivity index (χ1) is 12.0. The van der Waals surface area contributed by atoms with Crippen LogP contribution in [0.2, 0.25) is 5.02 Å². The zero-order valence-electron chi connectivity index (χ0n) is 12.7. The third-order valence-corrected chi connectivity index (χ3v) is 5.60. The van der Waals surface area contributed by atoms with E-state index in [2.05, 4.69) is 4.98 Å². The van der Waals surface area contributed by atoms with Gasteiger partial charge in [0, 0.05) is 33.7 Å². The SMILES string of the molecule is O=C(CSc1nc(-c2cccc([N+](=O)[O-])c2)cs1)c1ccc(Cl)cc1. The van der Waals surface area contributed by atoms with Gasteiger partial charge in [-0.2, -0.15) is 0 Å². The Morgan fingerprint density at radius 2 is 2.00 bits per heavy atom. The molecule has 2 aromatic carbocycles. The number of Topliss-reactive ketones (excluding diaryl/α,β-unsaturated/α-hetero) is 1. The van der Waals surface area contributed by atoms with Crippen LogP contribution in [0.15, 0.2) is 58.3 Å². The molecule has 0 bridgehead atoms. The van der Waals surface area contributed by atoms with E-state index in [0.717, 1.165) is 4.34 Å². The van der Waals surface area contributed by atoms with Crippen LogP contribution in [0.5, 0.6) is 0 Å². The molecule has 25 heavy (non-hydrogen) atoms. The molecule has 0 atom stereocenters. The van der Waals surface area contributed by atoms with E-state index < -0.39 is 4.92 Å². The smallest absolute Gasteiger partial charge is 0.270 e. The highest BCUT2D eigenvalue weighted by molar-refractivity contribution is 8.01. The second-order valence-electron chi connectivity index (χ2n) is 5.02. The number of hydrogen-bond acceptors (Lipinski definition) is 6. The average molecular weight is 391 g/mol. The Morgan fingerprint density at radius 3 is 2.72 bits per heavy atom. The fourth-order valence-corrected chi connectivity index (χ4v) is 3.94. The predicted molar refractivity (Wildman–Crippen MR) is 101 cm³/mol. The van der Waals surface area contributed by atoms with Crippen molar-refractivity contribution in [1.29, 1.82) is 0 Å². The number of carbonyl (C=O) groups is 1. The minimum atomic E-state index is -0.434. The van der Waals surface area contributed by atoms with Crippen molar-refractivity contribution in [1.82, 2.24) is 4.98 Å². The topological polar surface area (TPSA) is 73.1 Å². The van der Waals surface area contributed by atoms with Crippen LogP contribution >= 0.6 is 34.7 Å². The molecule has 0 saturated heterocycles. The Bertz CT molecular complexity index is 926. The molecule has 0 radical (unpaired) electrons. The van der Waals surface area contributed by atoms with E-state index >= 15 is 0 Å². The summed E-state index contributed by atoms with van der Waals surface area (Å²) < 4.78 is 0.740. The highest BCUT2D eigenvalue weighted by atomic mass is 35.5. The maximum absolute atomic E-state index is 12.2. The number of aromatic nitrogens is 1.